The van der Waals surface area contributed by atoms with E-state index in [2.05, 4.69) is 19.2 Å². The quantitative estimate of drug-likeness (QED) is 0.854. The molecule has 4 atom stereocenters. The van der Waals surface area contributed by atoms with Crippen molar-refractivity contribution in [3.8, 4) is 0 Å². The van der Waals surface area contributed by atoms with Crippen molar-refractivity contribution in [3.05, 3.63) is 29.6 Å². The Morgan fingerprint density at radius 1 is 1.19 bits per heavy atom. The lowest BCUT2D eigenvalue weighted by molar-refractivity contribution is 0.331. The van der Waals surface area contributed by atoms with E-state index in [0.717, 1.165) is 6.42 Å². The van der Waals surface area contributed by atoms with E-state index in [-0.39, 0.29) is 17.6 Å². The summed E-state index contributed by atoms with van der Waals surface area (Å²) in [4.78, 5) is 0.298. The first-order chi connectivity index (χ1) is 9.88. The molecule has 5 heteroatoms. The third-order valence-electron chi connectivity index (χ3n) is 5.24. The summed E-state index contributed by atoms with van der Waals surface area (Å²) in [7, 11) is -3.26. The minimum absolute atomic E-state index is 0.0584. The first kappa shape index (κ1) is 15.0. The van der Waals surface area contributed by atoms with E-state index < -0.39 is 9.84 Å². The molecule has 3 rings (SSSR count). The van der Waals surface area contributed by atoms with Crippen LogP contribution in [0, 0.1) is 17.7 Å². The number of fused-ring (bicyclic) bond motifs is 1. The molecule has 1 aromatic rings. The predicted molar refractivity (Wildman–Crippen MR) is 80.3 cm³/mol. The first-order valence-corrected chi connectivity index (χ1v) is 9.32. The molecule has 1 aliphatic carbocycles. The molecule has 1 saturated carbocycles. The highest BCUT2D eigenvalue weighted by molar-refractivity contribution is 7.91. The van der Waals surface area contributed by atoms with Gasteiger partial charge in [-0.1, -0.05) is 13.8 Å². The van der Waals surface area contributed by atoms with Gasteiger partial charge in [0.25, 0.3) is 0 Å². The van der Waals surface area contributed by atoms with Crippen molar-refractivity contribution in [3.63, 3.8) is 0 Å². The lowest BCUT2D eigenvalue weighted by atomic mass is 9.95. The van der Waals surface area contributed by atoms with Crippen LogP contribution in [0.15, 0.2) is 23.1 Å². The summed E-state index contributed by atoms with van der Waals surface area (Å²) in [5, 5.41) is 3.59. The Bertz CT molecular complexity index is 644. The first-order valence-electron chi connectivity index (χ1n) is 7.67. The minimum Gasteiger partial charge on any atom is -0.307 e. The van der Waals surface area contributed by atoms with Crippen molar-refractivity contribution in [2.45, 2.75) is 50.1 Å². The fourth-order valence-electron chi connectivity index (χ4n) is 3.64. The molecule has 1 heterocycles. The maximum absolute atomic E-state index is 13.5. The molecular formula is C16H22FNO2S. The molecule has 0 bridgehead atoms. The zero-order valence-electron chi connectivity index (χ0n) is 12.5. The van der Waals surface area contributed by atoms with Gasteiger partial charge >= 0.3 is 0 Å². The largest absolute Gasteiger partial charge is 0.307 e. The Balaban J connectivity index is 1.90. The third-order valence-corrected chi connectivity index (χ3v) is 7.05. The summed E-state index contributed by atoms with van der Waals surface area (Å²) in [5.41, 5.74) is 0.605. The van der Waals surface area contributed by atoms with Gasteiger partial charge in [-0.2, -0.15) is 0 Å². The molecule has 1 N–H and O–H groups in total. The molecular weight excluding hydrogens is 289 g/mol. The van der Waals surface area contributed by atoms with Crippen molar-refractivity contribution in [2.75, 3.05) is 5.75 Å². The summed E-state index contributed by atoms with van der Waals surface area (Å²) in [5.74, 6) is 1.02. The zero-order valence-corrected chi connectivity index (χ0v) is 13.3. The van der Waals surface area contributed by atoms with Gasteiger partial charge in [-0.15, -0.1) is 0 Å². The normalized spacial score (nSPS) is 34.6. The summed E-state index contributed by atoms with van der Waals surface area (Å²) >= 11 is 0. The molecule has 1 aliphatic heterocycles. The predicted octanol–water partition coefficient (Wildman–Crippen LogP) is 3.07. The van der Waals surface area contributed by atoms with Crippen LogP contribution in [0.5, 0.6) is 0 Å². The van der Waals surface area contributed by atoms with Gasteiger partial charge in [0.15, 0.2) is 9.84 Å². The number of hydrogen-bond acceptors (Lipinski definition) is 3. The maximum atomic E-state index is 13.5. The van der Waals surface area contributed by atoms with Gasteiger partial charge in [-0.3, -0.25) is 0 Å². The minimum atomic E-state index is -3.26. The van der Waals surface area contributed by atoms with Crippen molar-refractivity contribution >= 4 is 9.84 Å². The van der Waals surface area contributed by atoms with Gasteiger partial charge in [0.05, 0.1) is 10.6 Å². The molecule has 4 unspecified atom stereocenters. The van der Waals surface area contributed by atoms with E-state index in [1.807, 2.05) is 0 Å². The Labute approximate surface area is 125 Å². The lowest BCUT2D eigenvalue weighted by Gasteiger charge is -2.31. The molecule has 1 fully saturated rings. The Morgan fingerprint density at radius 2 is 1.95 bits per heavy atom. The van der Waals surface area contributed by atoms with E-state index in [1.165, 1.54) is 24.6 Å². The second kappa shape index (κ2) is 5.36. The van der Waals surface area contributed by atoms with E-state index >= 15 is 0 Å². The van der Waals surface area contributed by atoms with Crippen molar-refractivity contribution < 1.29 is 12.8 Å². The average Bonchev–Trinajstić information content (AvgIpc) is 2.73. The third kappa shape index (κ3) is 2.73. The molecule has 0 saturated heterocycles. The Hall–Kier alpha value is -0.940. The van der Waals surface area contributed by atoms with Crippen LogP contribution >= 0.6 is 0 Å². The van der Waals surface area contributed by atoms with Gasteiger partial charge in [0.2, 0.25) is 0 Å². The highest BCUT2D eigenvalue weighted by atomic mass is 32.2. The van der Waals surface area contributed by atoms with E-state index in [9.17, 15) is 12.8 Å². The van der Waals surface area contributed by atoms with Crippen LogP contribution in [-0.2, 0) is 9.84 Å². The standard InChI is InChI=1S/C16H22FNO2S/c1-10-3-5-14(11(10)2)18-15-7-8-21(19,20)16-6-4-12(17)9-13(15)16/h4,6,9-11,14-15,18H,3,5,7-8H2,1-2H3. The Morgan fingerprint density at radius 3 is 2.62 bits per heavy atom. The summed E-state index contributed by atoms with van der Waals surface area (Å²) in [6.07, 6.45) is 2.83. The SMILES string of the molecule is CC1CCC(NC2CCS(=O)(=O)c3ccc(F)cc32)C1C. The van der Waals surface area contributed by atoms with Crippen LogP contribution in [0.4, 0.5) is 4.39 Å². The molecule has 1 aromatic carbocycles. The fraction of sp³-hybridized carbons (Fsp3) is 0.625. The number of halogens is 1. The molecule has 3 nitrogen and oxygen atoms in total. The van der Waals surface area contributed by atoms with E-state index in [0.29, 0.717) is 34.8 Å². The number of benzene rings is 1. The van der Waals surface area contributed by atoms with Crippen LogP contribution in [0.25, 0.3) is 0 Å². The second-order valence-electron chi connectivity index (χ2n) is 6.53. The topological polar surface area (TPSA) is 46.2 Å². The number of nitrogens with one attached hydrogen (secondary N) is 1. The smallest absolute Gasteiger partial charge is 0.178 e. The van der Waals surface area contributed by atoms with Gasteiger partial charge in [-0.05, 0) is 54.9 Å². The molecule has 2 aliphatic rings. The van der Waals surface area contributed by atoms with Crippen LogP contribution in [0.2, 0.25) is 0 Å². The molecule has 0 aromatic heterocycles. The second-order valence-corrected chi connectivity index (χ2v) is 8.61. The van der Waals surface area contributed by atoms with Crippen molar-refractivity contribution in [1.82, 2.24) is 5.32 Å². The molecule has 21 heavy (non-hydrogen) atoms. The molecule has 0 spiro atoms. The van der Waals surface area contributed by atoms with Crippen LogP contribution in [0.1, 0.15) is 44.7 Å². The fourth-order valence-corrected chi connectivity index (χ4v) is 5.25. The van der Waals surface area contributed by atoms with Gasteiger partial charge in [0.1, 0.15) is 5.82 Å². The monoisotopic (exact) mass is 311 g/mol. The van der Waals surface area contributed by atoms with Crippen LogP contribution in [-0.4, -0.2) is 20.2 Å². The van der Waals surface area contributed by atoms with Gasteiger partial charge < -0.3 is 5.32 Å². The average molecular weight is 311 g/mol. The maximum Gasteiger partial charge on any atom is 0.178 e. The van der Waals surface area contributed by atoms with E-state index in [4.69, 9.17) is 0 Å². The van der Waals surface area contributed by atoms with Crippen LogP contribution in [0.3, 0.4) is 0 Å². The summed E-state index contributed by atoms with van der Waals surface area (Å²) in [6.45, 7) is 4.49. The van der Waals surface area contributed by atoms with E-state index in [1.54, 1.807) is 0 Å². The zero-order chi connectivity index (χ0) is 15.2. The highest BCUT2D eigenvalue weighted by Crippen LogP contribution is 2.37. The highest BCUT2D eigenvalue weighted by Gasteiger charge is 2.35. The number of hydrogen-bond donors (Lipinski definition) is 1. The van der Waals surface area contributed by atoms with Crippen LogP contribution < -0.4 is 5.32 Å². The summed E-state index contributed by atoms with van der Waals surface area (Å²) in [6, 6.07) is 4.36. The molecule has 0 amide bonds. The van der Waals surface area contributed by atoms with Gasteiger partial charge in [-0.25, -0.2) is 12.8 Å². The molecule has 116 valence electrons. The molecule has 0 radical (unpaired) electrons. The van der Waals surface area contributed by atoms with Crippen molar-refractivity contribution in [1.29, 1.82) is 0 Å². The Kier molecular flexibility index (Phi) is 3.82. The lowest BCUT2D eigenvalue weighted by Crippen LogP contribution is -2.38. The number of rotatable bonds is 2. The van der Waals surface area contributed by atoms with Gasteiger partial charge in [0, 0.05) is 12.1 Å². The van der Waals surface area contributed by atoms with Crippen molar-refractivity contribution in [2.24, 2.45) is 11.8 Å². The number of sulfone groups is 1. The summed E-state index contributed by atoms with van der Waals surface area (Å²) < 4.78 is 37.8.